The molecule has 0 bridgehead atoms. The highest BCUT2D eigenvalue weighted by atomic mass is 32.3. The Hall–Kier alpha value is -1.90. The SMILES string of the molecule is Nc1ccc(S(=O)(=O)NS(=O)(=O)c2ccccc2)cc1. The average Bonchev–Trinajstić information content (AvgIpc) is 2.39. The Morgan fingerprint density at radius 1 is 0.700 bits per heavy atom. The Morgan fingerprint density at radius 2 is 1.15 bits per heavy atom. The molecule has 8 heteroatoms. The number of nitrogen functional groups attached to an aromatic ring is 1. The molecule has 0 saturated heterocycles. The summed E-state index contributed by atoms with van der Waals surface area (Å²) in [4.78, 5) is -0.301. The summed E-state index contributed by atoms with van der Waals surface area (Å²) < 4.78 is 49.6. The van der Waals surface area contributed by atoms with Gasteiger partial charge in [0.25, 0.3) is 20.0 Å². The third-order valence-corrected chi connectivity index (χ3v) is 6.00. The number of benzene rings is 2. The third-order valence-electron chi connectivity index (χ3n) is 2.46. The normalized spacial score (nSPS) is 12.2. The molecule has 0 unspecified atom stereocenters. The first-order valence-electron chi connectivity index (χ1n) is 5.50. The van der Waals surface area contributed by atoms with Gasteiger partial charge in [-0.3, -0.25) is 0 Å². The molecule has 0 aromatic heterocycles. The van der Waals surface area contributed by atoms with Gasteiger partial charge in [-0.15, -0.1) is 4.13 Å². The molecule has 2 aromatic rings. The summed E-state index contributed by atoms with van der Waals surface area (Å²) in [7, 11) is -8.32. The fourth-order valence-corrected chi connectivity index (χ4v) is 4.42. The summed E-state index contributed by atoms with van der Waals surface area (Å²) in [6, 6.07) is 12.5. The molecule has 0 aliphatic carbocycles. The summed E-state index contributed by atoms with van der Waals surface area (Å²) in [5.74, 6) is 0. The van der Waals surface area contributed by atoms with Gasteiger partial charge in [0, 0.05) is 5.69 Å². The van der Waals surface area contributed by atoms with Gasteiger partial charge in [-0.2, -0.15) is 0 Å². The predicted molar refractivity (Wildman–Crippen MR) is 74.8 cm³/mol. The number of hydrogen-bond acceptors (Lipinski definition) is 5. The van der Waals surface area contributed by atoms with Crippen molar-refractivity contribution < 1.29 is 16.8 Å². The maximum Gasteiger partial charge on any atom is 0.253 e. The lowest BCUT2D eigenvalue weighted by molar-refractivity contribution is 0.577. The van der Waals surface area contributed by atoms with Gasteiger partial charge in [-0.1, -0.05) is 18.2 Å². The van der Waals surface area contributed by atoms with E-state index in [0.717, 1.165) is 0 Å². The van der Waals surface area contributed by atoms with Crippen molar-refractivity contribution >= 4 is 25.7 Å². The molecule has 6 nitrogen and oxygen atoms in total. The first-order chi connectivity index (χ1) is 9.31. The largest absolute Gasteiger partial charge is 0.399 e. The second kappa shape index (κ2) is 5.23. The maximum atomic E-state index is 12.0. The van der Waals surface area contributed by atoms with Crippen molar-refractivity contribution in [3.05, 3.63) is 54.6 Å². The zero-order valence-corrected chi connectivity index (χ0v) is 11.9. The van der Waals surface area contributed by atoms with Crippen LogP contribution in [0.25, 0.3) is 0 Å². The molecular weight excluding hydrogens is 300 g/mol. The summed E-state index contributed by atoms with van der Waals surface area (Å²) in [5.41, 5.74) is 5.84. The van der Waals surface area contributed by atoms with Crippen LogP contribution in [0.4, 0.5) is 5.69 Å². The van der Waals surface area contributed by atoms with Crippen molar-refractivity contribution in [2.24, 2.45) is 0 Å². The quantitative estimate of drug-likeness (QED) is 0.817. The van der Waals surface area contributed by atoms with Crippen LogP contribution in [0.5, 0.6) is 0 Å². The number of sulfonamides is 2. The molecule has 0 atom stereocenters. The number of nitrogens with one attached hydrogen (secondary N) is 1. The molecule has 0 heterocycles. The van der Waals surface area contributed by atoms with Gasteiger partial charge >= 0.3 is 0 Å². The average molecular weight is 312 g/mol. The van der Waals surface area contributed by atoms with Crippen molar-refractivity contribution in [2.75, 3.05) is 5.73 Å². The zero-order chi connectivity index (χ0) is 14.8. The van der Waals surface area contributed by atoms with E-state index in [4.69, 9.17) is 5.73 Å². The van der Waals surface area contributed by atoms with Crippen LogP contribution >= 0.6 is 0 Å². The highest BCUT2D eigenvalue weighted by Gasteiger charge is 2.24. The highest BCUT2D eigenvalue weighted by molar-refractivity contribution is 8.04. The molecule has 0 spiro atoms. The maximum absolute atomic E-state index is 12.0. The minimum absolute atomic E-state index is 0.126. The molecule has 2 rings (SSSR count). The van der Waals surface area contributed by atoms with Crippen LogP contribution in [0.2, 0.25) is 0 Å². The second-order valence-corrected chi connectivity index (χ2v) is 7.60. The van der Waals surface area contributed by atoms with Gasteiger partial charge in [0.1, 0.15) is 0 Å². The number of hydrogen-bond donors (Lipinski definition) is 2. The molecule has 0 aliphatic rings. The van der Waals surface area contributed by atoms with E-state index >= 15 is 0 Å². The van der Waals surface area contributed by atoms with Gasteiger partial charge in [-0.05, 0) is 36.4 Å². The van der Waals surface area contributed by atoms with Crippen LogP contribution in [0.1, 0.15) is 0 Å². The molecule has 106 valence electrons. The minimum atomic E-state index is -4.18. The van der Waals surface area contributed by atoms with Crippen molar-refractivity contribution in [2.45, 2.75) is 9.79 Å². The fraction of sp³-hybridized carbons (Fsp3) is 0. The second-order valence-electron chi connectivity index (χ2n) is 3.97. The Balaban J connectivity index is 2.36. The molecule has 0 aliphatic heterocycles. The lowest BCUT2D eigenvalue weighted by Gasteiger charge is -2.08. The van der Waals surface area contributed by atoms with Crippen LogP contribution in [0.15, 0.2) is 64.4 Å². The summed E-state index contributed by atoms with van der Waals surface area (Å²) in [6.07, 6.45) is 0. The fourth-order valence-electron chi connectivity index (χ4n) is 1.49. The first kappa shape index (κ1) is 14.5. The third kappa shape index (κ3) is 3.16. The van der Waals surface area contributed by atoms with Gasteiger partial charge in [0.2, 0.25) is 0 Å². The van der Waals surface area contributed by atoms with Crippen molar-refractivity contribution in [3.63, 3.8) is 0 Å². The summed E-state index contributed by atoms with van der Waals surface area (Å²) in [6.45, 7) is 0. The van der Waals surface area contributed by atoms with Crippen molar-refractivity contribution in [1.82, 2.24) is 4.13 Å². The van der Waals surface area contributed by atoms with E-state index in [1.807, 2.05) is 0 Å². The zero-order valence-electron chi connectivity index (χ0n) is 10.2. The van der Waals surface area contributed by atoms with E-state index in [1.165, 1.54) is 48.5 Å². The topological polar surface area (TPSA) is 106 Å². The first-order valence-corrected chi connectivity index (χ1v) is 8.47. The summed E-state index contributed by atoms with van der Waals surface area (Å²) >= 11 is 0. The van der Waals surface area contributed by atoms with E-state index < -0.39 is 20.0 Å². The van der Waals surface area contributed by atoms with E-state index in [2.05, 4.69) is 0 Å². The highest BCUT2D eigenvalue weighted by Crippen LogP contribution is 2.15. The molecule has 0 amide bonds. The Kier molecular flexibility index (Phi) is 3.80. The van der Waals surface area contributed by atoms with Crippen LogP contribution in [0, 0.1) is 0 Å². The van der Waals surface area contributed by atoms with Gasteiger partial charge in [0.05, 0.1) is 9.79 Å². The van der Waals surface area contributed by atoms with E-state index in [1.54, 1.807) is 10.2 Å². The molecule has 0 saturated carbocycles. The number of rotatable bonds is 4. The monoisotopic (exact) mass is 312 g/mol. The Labute approximate surface area is 117 Å². The predicted octanol–water partition coefficient (Wildman–Crippen LogP) is 0.936. The Morgan fingerprint density at radius 3 is 1.65 bits per heavy atom. The smallest absolute Gasteiger partial charge is 0.253 e. The van der Waals surface area contributed by atoms with E-state index in [-0.39, 0.29) is 9.79 Å². The van der Waals surface area contributed by atoms with E-state index in [9.17, 15) is 16.8 Å². The molecule has 0 radical (unpaired) electrons. The lowest BCUT2D eigenvalue weighted by atomic mass is 10.3. The lowest BCUT2D eigenvalue weighted by Crippen LogP contribution is -2.30. The van der Waals surface area contributed by atoms with Crippen molar-refractivity contribution in [3.8, 4) is 0 Å². The molecule has 2 aromatic carbocycles. The molecule has 3 N–H and O–H groups in total. The van der Waals surface area contributed by atoms with Gasteiger partial charge < -0.3 is 5.73 Å². The minimum Gasteiger partial charge on any atom is -0.399 e. The number of nitrogens with two attached hydrogens (primary N) is 1. The van der Waals surface area contributed by atoms with Crippen LogP contribution in [0.3, 0.4) is 0 Å². The van der Waals surface area contributed by atoms with Crippen LogP contribution in [-0.2, 0) is 20.0 Å². The van der Waals surface area contributed by atoms with E-state index in [0.29, 0.717) is 5.69 Å². The summed E-state index contributed by atoms with van der Waals surface area (Å²) in [5, 5.41) is 0. The van der Waals surface area contributed by atoms with Gasteiger partial charge in [-0.25, -0.2) is 16.8 Å². The molecule has 20 heavy (non-hydrogen) atoms. The number of anilines is 1. The molecular formula is C12H12N2O4S2. The molecule has 0 fully saturated rings. The van der Waals surface area contributed by atoms with Gasteiger partial charge in [0.15, 0.2) is 0 Å². The van der Waals surface area contributed by atoms with Crippen molar-refractivity contribution in [1.29, 1.82) is 0 Å². The standard InChI is InChI=1S/C12H12N2O4S2/c13-10-6-8-12(9-7-10)20(17,18)14-19(15,16)11-4-2-1-3-5-11/h1-9,14H,13H2. The Bertz CT molecular complexity index is 798. The van der Waals surface area contributed by atoms with Crippen LogP contribution in [-0.4, -0.2) is 16.8 Å². The van der Waals surface area contributed by atoms with Crippen LogP contribution < -0.4 is 9.86 Å².